The van der Waals surface area contributed by atoms with Crippen LogP contribution in [-0.2, 0) is 0 Å². The summed E-state index contributed by atoms with van der Waals surface area (Å²) in [5.41, 5.74) is 1.77. The van der Waals surface area contributed by atoms with Gasteiger partial charge in [0.05, 0.1) is 19.9 Å². The average molecular weight is 340 g/mol. The number of rotatable bonds is 6. The molecule has 0 aromatic heterocycles. The second kappa shape index (κ2) is 7.92. The molecule has 0 unspecified atom stereocenters. The third kappa shape index (κ3) is 4.05. The predicted octanol–water partition coefficient (Wildman–Crippen LogP) is 2.96. The molecule has 5 nitrogen and oxygen atoms in total. The van der Waals surface area contributed by atoms with Gasteiger partial charge < -0.3 is 19.7 Å². The molecular weight excluding hydrogens is 316 g/mol. The van der Waals surface area contributed by atoms with E-state index in [1.54, 1.807) is 38.5 Å². The zero-order chi connectivity index (χ0) is 17.6. The van der Waals surface area contributed by atoms with E-state index in [4.69, 9.17) is 9.47 Å². The molecular formula is C20H24N2O3. The minimum atomic E-state index is -0.0432. The van der Waals surface area contributed by atoms with E-state index in [1.807, 2.05) is 18.2 Å². The van der Waals surface area contributed by atoms with E-state index in [2.05, 4.69) is 16.3 Å². The molecule has 1 aliphatic rings. The number of methoxy groups -OCH3 is 2. The summed E-state index contributed by atoms with van der Waals surface area (Å²) in [6.07, 6.45) is 1.06. The fourth-order valence-electron chi connectivity index (χ4n) is 3.19. The number of nitrogens with one attached hydrogen (secondary N) is 1. The normalized spacial score (nSPS) is 16.6. The molecule has 0 saturated carbocycles. The van der Waals surface area contributed by atoms with Crippen LogP contribution < -0.4 is 19.7 Å². The maximum atomic E-state index is 12.3. The van der Waals surface area contributed by atoms with Crippen LogP contribution in [0.5, 0.6) is 11.5 Å². The Labute approximate surface area is 148 Å². The van der Waals surface area contributed by atoms with E-state index in [-0.39, 0.29) is 5.91 Å². The van der Waals surface area contributed by atoms with Gasteiger partial charge >= 0.3 is 0 Å². The van der Waals surface area contributed by atoms with Crippen molar-refractivity contribution in [1.82, 2.24) is 5.32 Å². The highest BCUT2D eigenvalue weighted by atomic mass is 16.5. The summed E-state index contributed by atoms with van der Waals surface area (Å²) in [4.78, 5) is 14.6. The second-order valence-corrected chi connectivity index (χ2v) is 6.21. The Balaban J connectivity index is 1.53. The number of ether oxygens (including phenoxy) is 2. The molecule has 2 aromatic rings. The third-order valence-electron chi connectivity index (χ3n) is 4.62. The maximum Gasteiger partial charge on any atom is 0.251 e. The van der Waals surface area contributed by atoms with E-state index in [1.165, 1.54) is 0 Å². The molecule has 0 bridgehead atoms. The molecule has 1 fully saturated rings. The van der Waals surface area contributed by atoms with Gasteiger partial charge in [0.25, 0.3) is 5.91 Å². The lowest BCUT2D eigenvalue weighted by molar-refractivity contribution is 0.0948. The van der Waals surface area contributed by atoms with Gasteiger partial charge in [-0.1, -0.05) is 12.1 Å². The van der Waals surface area contributed by atoms with Crippen molar-refractivity contribution in [3.63, 3.8) is 0 Å². The largest absolute Gasteiger partial charge is 0.497 e. The first-order chi connectivity index (χ1) is 12.2. The van der Waals surface area contributed by atoms with Gasteiger partial charge in [-0.05, 0) is 48.7 Å². The van der Waals surface area contributed by atoms with Crippen molar-refractivity contribution < 1.29 is 14.3 Å². The Bertz CT molecular complexity index is 715. The van der Waals surface area contributed by atoms with Crippen LogP contribution in [0.25, 0.3) is 0 Å². The molecule has 5 heteroatoms. The highest BCUT2D eigenvalue weighted by molar-refractivity contribution is 5.94. The first-order valence-electron chi connectivity index (χ1n) is 8.51. The summed E-state index contributed by atoms with van der Waals surface area (Å²) >= 11 is 0. The third-order valence-corrected chi connectivity index (χ3v) is 4.62. The van der Waals surface area contributed by atoms with Crippen LogP contribution in [-0.4, -0.2) is 39.8 Å². The summed E-state index contributed by atoms with van der Waals surface area (Å²) in [6, 6.07) is 15.2. The van der Waals surface area contributed by atoms with Gasteiger partial charge in [0, 0.05) is 25.2 Å². The van der Waals surface area contributed by atoms with Gasteiger partial charge in [-0.3, -0.25) is 4.79 Å². The van der Waals surface area contributed by atoms with E-state index in [0.717, 1.165) is 36.7 Å². The van der Waals surface area contributed by atoms with Crippen molar-refractivity contribution in [1.29, 1.82) is 0 Å². The lowest BCUT2D eigenvalue weighted by atomic mass is 10.1. The van der Waals surface area contributed by atoms with Crippen molar-refractivity contribution in [2.45, 2.75) is 6.42 Å². The van der Waals surface area contributed by atoms with Crippen molar-refractivity contribution in [2.75, 3.05) is 38.8 Å². The number of para-hydroxylation sites is 2. The minimum absolute atomic E-state index is 0.0432. The number of hydrogen-bond acceptors (Lipinski definition) is 4. The molecule has 3 rings (SSSR count). The van der Waals surface area contributed by atoms with Gasteiger partial charge in [0.2, 0.25) is 0 Å². The lowest BCUT2D eigenvalue weighted by Crippen LogP contribution is -2.31. The Morgan fingerprint density at radius 3 is 2.60 bits per heavy atom. The highest BCUT2D eigenvalue weighted by Gasteiger charge is 2.24. The smallest absolute Gasteiger partial charge is 0.251 e. The number of carbonyl (C=O) groups is 1. The van der Waals surface area contributed by atoms with Crippen LogP contribution in [0.1, 0.15) is 16.8 Å². The Morgan fingerprint density at radius 2 is 1.88 bits per heavy atom. The first kappa shape index (κ1) is 17.1. The zero-order valence-electron chi connectivity index (χ0n) is 14.7. The molecule has 25 heavy (non-hydrogen) atoms. The first-order valence-corrected chi connectivity index (χ1v) is 8.51. The van der Waals surface area contributed by atoms with Crippen LogP contribution in [0.15, 0.2) is 48.5 Å². The Morgan fingerprint density at radius 1 is 1.12 bits per heavy atom. The summed E-state index contributed by atoms with van der Waals surface area (Å²) in [5.74, 6) is 2.04. The number of carbonyl (C=O) groups excluding carboxylic acids is 1. The molecule has 1 amide bonds. The average Bonchev–Trinajstić information content (AvgIpc) is 3.15. The Kier molecular flexibility index (Phi) is 5.43. The summed E-state index contributed by atoms with van der Waals surface area (Å²) in [7, 11) is 3.31. The number of nitrogens with zero attached hydrogens (tertiary/aromatic N) is 1. The number of benzene rings is 2. The topological polar surface area (TPSA) is 50.8 Å². The number of amides is 1. The molecule has 1 atom stereocenters. The minimum Gasteiger partial charge on any atom is -0.497 e. The van der Waals surface area contributed by atoms with E-state index >= 15 is 0 Å². The summed E-state index contributed by atoms with van der Waals surface area (Å²) < 4.78 is 10.6. The molecule has 1 aliphatic heterocycles. The maximum absolute atomic E-state index is 12.3. The summed E-state index contributed by atoms with van der Waals surface area (Å²) in [6.45, 7) is 2.57. The summed E-state index contributed by atoms with van der Waals surface area (Å²) in [5, 5.41) is 3.04. The van der Waals surface area contributed by atoms with Crippen LogP contribution in [0.3, 0.4) is 0 Å². The van der Waals surface area contributed by atoms with E-state index in [0.29, 0.717) is 18.0 Å². The van der Waals surface area contributed by atoms with Crippen LogP contribution in [0, 0.1) is 5.92 Å². The van der Waals surface area contributed by atoms with Gasteiger partial charge in [-0.15, -0.1) is 0 Å². The molecule has 1 N–H and O–H groups in total. The van der Waals surface area contributed by atoms with Gasteiger partial charge in [-0.25, -0.2) is 0 Å². The van der Waals surface area contributed by atoms with Crippen molar-refractivity contribution in [2.24, 2.45) is 5.92 Å². The SMILES string of the molecule is COc1ccc(C(=O)NC[C@@H]2CCN(c3ccccc3OC)C2)cc1. The van der Waals surface area contributed by atoms with Gasteiger partial charge in [0.1, 0.15) is 11.5 Å². The molecule has 1 heterocycles. The quantitative estimate of drug-likeness (QED) is 0.878. The lowest BCUT2D eigenvalue weighted by Gasteiger charge is -2.21. The van der Waals surface area contributed by atoms with E-state index < -0.39 is 0 Å². The monoisotopic (exact) mass is 340 g/mol. The molecule has 2 aromatic carbocycles. The van der Waals surface area contributed by atoms with Crippen molar-refractivity contribution in [3.05, 3.63) is 54.1 Å². The fraction of sp³-hybridized carbons (Fsp3) is 0.350. The molecule has 1 saturated heterocycles. The molecule has 0 aliphatic carbocycles. The van der Waals surface area contributed by atoms with Crippen LogP contribution in [0.4, 0.5) is 5.69 Å². The Hall–Kier alpha value is -2.69. The van der Waals surface area contributed by atoms with Crippen molar-refractivity contribution in [3.8, 4) is 11.5 Å². The van der Waals surface area contributed by atoms with Crippen LogP contribution >= 0.6 is 0 Å². The zero-order valence-corrected chi connectivity index (χ0v) is 14.7. The van der Waals surface area contributed by atoms with Gasteiger partial charge in [0.15, 0.2) is 0 Å². The van der Waals surface area contributed by atoms with Crippen LogP contribution in [0.2, 0.25) is 0 Å². The standard InChI is InChI=1S/C20H24N2O3/c1-24-17-9-7-16(8-10-17)20(23)21-13-15-11-12-22(14-15)18-5-3-4-6-19(18)25-2/h3-10,15H,11-14H2,1-2H3,(H,21,23)/t15-/m0/s1. The molecule has 0 spiro atoms. The molecule has 132 valence electrons. The van der Waals surface area contributed by atoms with E-state index in [9.17, 15) is 4.79 Å². The number of hydrogen-bond donors (Lipinski definition) is 1. The van der Waals surface area contributed by atoms with Crippen molar-refractivity contribution >= 4 is 11.6 Å². The predicted molar refractivity (Wildman–Crippen MR) is 98.6 cm³/mol. The number of anilines is 1. The fourth-order valence-corrected chi connectivity index (χ4v) is 3.19. The second-order valence-electron chi connectivity index (χ2n) is 6.21. The molecule has 0 radical (unpaired) electrons. The van der Waals surface area contributed by atoms with Gasteiger partial charge in [-0.2, -0.15) is 0 Å². The highest BCUT2D eigenvalue weighted by Crippen LogP contribution is 2.31.